The number of epoxide rings is 1. The Kier molecular flexibility index (Phi) is 6.29. The van der Waals surface area contributed by atoms with E-state index in [1.807, 2.05) is 36.4 Å². The van der Waals surface area contributed by atoms with E-state index in [2.05, 4.69) is 42.3 Å². The van der Waals surface area contributed by atoms with Gasteiger partial charge in [0.25, 0.3) is 0 Å². The van der Waals surface area contributed by atoms with Crippen molar-refractivity contribution in [2.45, 2.75) is 12.5 Å². The Labute approximate surface area is 187 Å². The van der Waals surface area contributed by atoms with Gasteiger partial charge in [-0.25, -0.2) is 4.79 Å². The third-order valence-corrected chi connectivity index (χ3v) is 5.14. The minimum Gasteiger partial charge on any atom is -0.423 e. The Morgan fingerprint density at radius 1 is 0.875 bits per heavy atom. The SMILES string of the molecule is C=CC(=O)Cc1ccc(N(c2ccc(OC(=O)C=C)cc2)c2ccc(C3CO3)cc2)cc1. The van der Waals surface area contributed by atoms with Crippen LogP contribution < -0.4 is 9.64 Å². The number of hydrogen-bond donors (Lipinski definition) is 0. The minimum atomic E-state index is -0.503. The van der Waals surface area contributed by atoms with Crippen LogP contribution in [0.5, 0.6) is 5.75 Å². The smallest absolute Gasteiger partial charge is 0.335 e. The van der Waals surface area contributed by atoms with Crippen molar-refractivity contribution in [3.05, 3.63) is 109 Å². The molecule has 1 unspecified atom stereocenters. The number of ketones is 1. The summed E-state index contributed by atoms with van der Waals surface area (Å²) in [5.74, 6) is -0.0765. The van der Waals surface area contributed by atoms with Gasteiger partial charge >= 0.3 is 5.97 Å². The lowest BCUT2D eigenvalue weighted by Gasteiger charge is -2.26. The zero-order valence-electron chi connectivity index (χ0n) is 17.6. The molecule has 5 heteroatoms. The van der Waals surface area contributed by atoms with Crippen LogP contribution in [0.25, 0.3) is 0 Å². The number of anilines is 3. The number of esters is 1. The fraction of sp³-hybridized carbons (Fsp3) is 0.111. The fourth-order valence-corrected chi connectivity index (χ4v) is 3.38. The number of benzene rings is 3. The van der Waals surface area contributed by atoms with Gasteiger partial charge in [-0.05, 0) is 65.7 Å². The van der Waals surface area contributed by atoms with Crippen LogP contribution in [0, 0.1) is 0 Å². The maximum Gasteiger partial charge on any atom is 0.335 e. The van der Waals surface area contributed by atoms with E-state index in [0.717, 1.165) is 40.9 Å². The summed E-state index contributed by atoms with van der Waals surface area (Å²) in [5, 5.41) is 0. The molecule has 32 heavy (non-hydrogen) atoms. The Bertz CT molecular complexity index is 1060. The molecule has 4 rings (SSSR count). The van der Waals surface area contributed by atoms with Crippen LogP contribution in [0.2, 0.25) is 0 Å². The normalized spacial score (nSPS) is 14.3. The van der Waals surface area contributed by atoms with E-state index in [9.17, 15) is 9.59 Å². The second-order valence-electron chi connectivity index (χ2n) is 7.38. The first kappa shape index (κ1) is 21.3. The molecule has 0 bridgehead atoms. The van der Waals surface area contributed by atoms with Crippen molar-refractivity contribution in [2.24, 2.45) is 0 Å². The molecule has 1 saturated heterocycles. The highest BCUT2D eigenvalue weighted by molar-refractivity contribution is 5.91. The number of nitrogens with zero attached hydrogens (tertiary/aromatic N) is 1. The molecule has 1 atom stereocenters. The van der Waals surface area contributed by atoms with Crippen LogP contribution in [0.1, 0.15) is 17.2 Å². The zero-order chi connectivity index (χ0) is 22.5. The highest BCUT2D eigenvalue weighted by atomic mass is 16.6. The second kappa shape index (κ2) is 9.45. The predicted molar refractivity (Wildman–Crippen MR) is 125 cm³/mol. The quantitative estimate of drug-likeness (QED) is 0.193. The van der Waals surface area contributed by atoms with Gasteiger partial charge in [-0.2, -0.15) is 0 Å². The highest BCUT2D eigenvalue weighted by Gasteiger charge is 2.24. The van der Waals surface area contributed by atoms with Crippen molar-refractivity contribution in [3.63, 3.8) is 0 Å². The second-order valence-corrected chi connectivity index (χ2v) is 7.38. The molecule has 3 aromatic rings. The highest BCUT2D eigenvalue weighted by Crippen LogP contribution is 2.37. The third kappa shape index (κ3) is 5.02. The lowest BCUT2D eigenvalue weighted by atomic mass is 10.1. The van der Waals surface area contributed by atoms with Crippen LogP contribution in [-0.2, 0) is 20.7 Å². The maximum absolute atomic E-state index is 11.7. The van der Waals surface area contributed by atoms with Gasteiger partial charge in [-0.3, -0.25) is 4.79 Å². The molecule has 0 aromatic heterocycles. The van der Waals surface area contributed by atoms with E-state index in [1.165, 1.54) is 6.08 Å². The molecule has 0 saturated carbocycles. The molecule has 5 nitrogen and oxygen atoms in total. The summed E-state index contributed by atoms with van der Waals surface area (Å²) in [6.07, 6.45) is 2.98. The van der Waals surface area contributed by atoms with E-state index < -0.39 is 5.97 Å². The Morgan fingerprint density at radius 3 is 1.91 bits per heavy atom. The minimum absolute atomic E-state index is 0.0165. The molecule has 160 valence electrons. The fourth-order valence-electron chi connectivity index (χ4n) is 3.38. The summed E-state index contributed by atoms with van der Waals surface area (Å²) < 4.78 is 10.6. The van der Waals surface area contributed by atoms with Crippen molar-refractivity contribution in [2.75, 3.05) is 11.5 Å². The van der Waals surface area contributed by atoms with Crippen molar-refractivity contribution in [1.82, 2.24) is 0 Å². The van der Waals surface area contributed by atoms with Crippen LogP contribution in [-0.4, -0.2) is 18.4 Å². The third-order valence-electron chi connectivity index (χ3n) is 5.14. The summed E-state index contributed by atoms with van der Waals surface area (Å²) >= 11 is 0. The Balaban J connectivity index is 1.66. The summed E-state index contributed by atoms with van der Waals surface area (Å²) in [4.78, 5) is 25.3. The predicted octanol–water partition coefficient (Wildman–Crippen LogP) is 5.62. The van der Waals surface area contributed by atoms with Gasteiger partial charge in [-0.1, -0.05) is 37.4 Å². The van der Waals surface area contributed by atoms with Gasteiger partial charge < -0.3 is 14.4 Å². The average Bonchev–Trinajstić information content (AvgIpc) is 3.67. The van der Waals surface area contributed by atoms with Crippen LogP contribution >= 0.6 is 0 Å². The molecule has 1 aliphatic heterocycles. The zero-order valence-corrected chi connectivity index (χ0v) is 17.6. The Hall–Kier alpha value is -3.96. The van der Waals surface area contributed by atoms with Gasteiger partial charge in [0.05, 0.1) is 6.61 Å². The number of carbonyl (C=O) groups is 2. The van der Waals surface area contributed by atoms with Gasteiger partial charge in [0.1, 0.15) is 11.9 Å². The van der Waals surface area contributed by atoms with E-state index in [4.69, 9.17) is 9.47 Å². The van der Waals surface area contributed by atoms with Gasteiger partial charge in [0.15, 0.2) is 5.78 Å². The first-order valence-corrected chi connectivity index (χ1v) is 10.3. The molecule has 0 N–H and O–H groups in total. The maximum atomic E-state index is 11.7. The molecule has 1 fully saturated rings. The van der Waals surface area contributed by atoms with E-state index in [0.29, 0.717) is 12.2 Å². The van der Waals surface area contributed by atoms with Crippen molar-refractivity contribution in [1.29, 1.82) is 0 Å². The number of hydrogen-bond acceptors (Lipinski definition) is 5. The molecule has 3 aromatic carbocycles. The molecule has 0 amide bonds. The van der Waals surface area contributed by atoms with Crippen LogP contribution in [0.15, 0.2) is 98.1 Å². The largest absolute Gasteiger partial charge is 0.423 e. The summed E-state index contributed by atoms with van der Waals surface area (Å²) in [6.45, 7) is 7.71. The van der Waals surface area contributed by atoms with Crippen LogP contribution in [0.3, 0.4) is 0 Å². The number of ether oxygens (including phenoxy) is 2. The van der Waals surface area contributed by atoms with E-state index in [1.54, 1.807) is 12.1 Å². The van der Waals surface area contributed by atoms with E-state index >= 15 is 0 Å². The Morgan fingerprint density at radius 2 is 1.41 bits per heavy atom. The lowest BCUT2D eigenvalue weighted by Crippen LogP contribution is -2.10. The first-order valence-electron chi connectivity index (χ1n) is 10.3. The van der Waals surface area contributed by atoms with Crippen molar-refractivity contribution in [3.8, 4) is 5.75 Å². The number of allylic oxidation sites excluding steroid dienone is 1. The first-order chi connectivity index (χ1) is 15.6. The molecule has 0 spiro atoms. The summed E-state index contributed by atoms with van der Waals surface area (Å²) in [7, 11) is 0. The molecular formula is C27H23NO4. The van der Waals surface area contributed by atoms with Crippen molar-refractivity contribution >= 4 is 28.8 Å². The topological polar surface area (TPSA) is 59.1 Å². The molecule has 0 aliphatic carbocycles. The molecule has 1 aliphatic rings. The molecule has 0 radical (unpaired) electrons. The summed E-state index contributed by atoms with van der Waals surface area (Å²) in [6, 6.07) is 23.3. The van der Waals surface area contributed by atoms with E-state index in [-0.39, 0.29) is 11.9 Å². The standard InChI is InChI=1S/C27H23NO4/c1-3-24(29)17-19-5-9-21(10-6-19)28(22-11-7-20(8-12-22)26-18-31-26)23-13-15-25(16-14-23)32-27(30)4-2/h3-16,26H,1-2,17-18H2. The average molecular weight is 425 g/mol. The monoisotopic (exact) mass is 425 g/mol. The van der Waals surface area contributed by atoms with Crippen molar-refractivity contribution < 1.29 is 19.1 Å². The summed E-state index contributed by atoms with van der Waals surface area (Å²) in [5.41, 5.74) is 4.88. The molecule has 1 heterocycles. The lowest BCUT2D eigenvalue weighted by molar-refractivity contribution is -0.129. The number of rotatable bonds is 9. The van der Waals surface area contributed by atoms with Gasteiger partial charge in [0, 0.05) is 29.6 Å². The van der Waals surface area contributed by atoms with Crippen LogP contribution in [0.4, 0.5) is 17.1 Å². The van der Waals surface area contributed by atoms with Gasteiger partial charge in [0.2, 0.25) is 0 Å². The number of carbonyl (C=O) groups excluding carboxylic acids is 2. The van der Waals surface area contributed by atoms with Gasteiger partial charge in [-0.15, -0.1) is 0 Å². The molecular weight excluding hydrogens is 402 g/mol.